The molecule has 5 aliphatic rings. The molecule has 0 bridgehead atoms. The third-order valence-corrected chi connectivity index (χ3v) is 16.4. The van der Waals surface area contributed by atoms with Gasteiger partial charge < -0.3 is 15.5 Å². The van der Waals surface area contributed by atoms with E-state index in [9.17, 15) is 19.8 Å². The van der Waals surface area contributed by atoms with Gasteiger partial charge in [0, 0.05) is 5.54 Å². The largest absolute Gasteiger partial charge is 0.478 e. The number of fused-ring (bicyclic) bond motifs is 7. The van der Waals surface area contributed by atoms with Gasteiger partial charge in [0.1, 0.15) is 0 Å². The maximum Gasteiger partial charge on any atom is 0.335 e. The maximum absolute atomic E-state index is 13.8. The molecule has 10 atom stereocenters. The number of allylic oxidation sites excluding steroid dienone is 3. The average Bonchev–Trinajstić information content (AvgIpc) is 3.49. The molecule has 280 valence electrons. The highest BCUT2D eigenvalue weighted by Crippen LogP contribution is 2.76. The Hall–Kier alpha value is -3.22. The number of benzene rings is 2. The van der Waals surface area contributed by atoms with Gasteiger partial charge in [-0.3, -0.25) is 10.1 Å². The third kappa shape index (κ3) is 5.65. The Morgan fingerprint density at radius 1 is 0.865 bits per heavy atom. The molecule has 5 aliphatic carbocycles. The Kier molecular flexibility index (Phi) is 9.47. The molecule has 2 aromatic rings. The molecule has 4 N–H and O–H groups in total. The fourth-order valence-corrected chi connectivity index (χ4v) is 13.8. The highest BCUT2D eigenvalue weighted by Gasteiger charge is 2.70. The van der Waals surface area contributed by atoms with Gasteiger partial charge >= 0.3 is 5.97 Å². The van der Waals surface area contributed by atoms with Crippen molar-refractivity contribution in [2.24, 2.45) is 51.2 Å². The second-order valence-corrected chi connectivity index (χ2v) is 18.8. The Morgan fingerprint density at radius 3 is 2.23 bits per heavy atom. The second kappa shape index (κ2) is 13.3. The van der Waals surface area contributed by atoms with E-state index in [-0.39, 0.29) is 52.3 Å². The minimum atomic E-state index is -0.881. The lowest BCUT2D eigenvalue weighted by atomic mass is 9.33. The van der Waals surface area contributed by atoms with Gasteiger partial charge in [-0.25, -0.2) is 4.79 Å². The summed E-state index contributed by atoms with van der Waals surface area (Å²) in [6.07, 6.45) is 12.6. The molecule has 0 radical (unpaired) electrons. The van der Waals surface area contributed by atoms with E-state index >= 15 is 0 Å². The lowest BCUT2D eigenvalue weighted by Gasteiger charge is -2.72. The van der Waals surface area contributed by atoms with E-state index in [0.717, 1.165) is 43.2 Å². The van der Waals surface area contributed by atoms with E-state index in [1.165, 1.54) is 36.8 Å². The van der Waals surface area contributed by atoms with Gasteiger partial charge in [-0.2, -0.15) is 0 Å². The summed E-state index contributed by atoms with van der Waals surface area (Å²) in [5, 5.41) is 26.6. The molecule has 52 heavy (non-hydrogen) atoms. The van der Waals surface area contributed by atoms with Crippen LogP contribution in [0.1, 0.15) is 127 Å². The number of aromatic carboxylic acids is 1. The van der Waals surface area contributed by atoms with Crippen LogP contribution in [-0.2, 0) is 4.79 Å². The number of aliphatic hydroxyl groups excluding tert-OH is 1. The first kappa shape index (κ1) is 37.1. The predicted molar refractivity (Wildman–Crippen MR) is 208 cm³/mol. The molecule has 0 saturated heterocycles. The van der Waals surface area contributed by atoms with Gasteiger partial charge in [-0.15, -0.1) is 0 Å². The van der Waals surface area contributed by atoms with Crippen LogP contribution in [0.25, 0.3) is 5.57 Å². The number of rotatable bonds is 9. The third-order valence-electron chi connectivity index (χ3n) is 16.4. The van der Waals surface area contributed by atoms with E-state index in [4.69, 9.17) is 0 Å². The Bertz CT molecular complexity index is 1730. The first-order valence-corrected chi connectivity index (χ1v) is 20.0. The number of carbonyl (C=O) groups is 2. The van der Waals surface area contributed by atoms with Crippen LogP contribution >= 0.6 is 0 Å². The zero-order valence-corrected chi connectivity index (χ0v) is 32.4. The number of hydrogen-bond acceptors (Lipinski definition) is 4. The van der Waals surface area contributed by atoms with Crippen molar-refractivity contribution < 1.29 is 19.8 Å². The molecule has 0 aromatic heterocycles. The molecule has 0 aliphatic heterocycles. The number of carbonyl (C=O) groups excluding carboxylic acids is 1. The topological polar surface area (TPSA) is 98.7 Å². The van der Waals surface area contributed by atoms with Crippen molar-refractivity contribution in [3.8, 4) is 0 Å². The molecular formula is C46H62N2O4. The quantitative estimate of drug-likeness (QED) is 0.195. The summed E-state index contributed by atoms with van der Waals surface area (Å²) in [6, 6.07) is 17.1. The van der Waals surface area contributed by atoms with Crippen LogP contribution in [0.15, 0.2) is 72.8 Å². The zero-order valence-electron chi connectivity index (χ0n) is 32.4. The van der Waals surface area contributed by atoms with Gasteiger partial charge in [-0.1, -0.05) is 95.3 Å². The summed E-state index contributed by atoms with van der Waals surface area (Å²) in [7, 11) is 0. The number of hydrogen-bond donors (Lipinski definition) is 4. The van der Waals surface area contributed by atoms with Crippen LogP contribution < -0.4 is 10.6 Å². The van der Waals surface area contributed by atoms with Gasteiger partial charge in [0.25, 0.3) is 0 Å². The van der Waals surface area contributed by atoms with Crippen LogP contribution in [0.2, 0.25) is 0 Å². The summed E-state index contributed by atoms with van der Waals surface area (Å²) in [5.74, 6) is 1.60. The van der Waals surface area contributed by atoms with Crippen LogP contribution in [0.3, 0.4) is 0 Å². The highest BCUT2D eigenvalue weighted by atomic mass is 16.4. The molecule has 4 saturated carbocycles. The lowest BCUT2D eigenvalue weighted by molar-refractivity contribution is -0.219. The number of amides is 1. The van der Waals surface area contributed by atoms with Crippen LogP contribution in [0.4, 0.5) is 0 Å². The molecule has 6 nitrogen and oxygen atoms in total. The average molecular weight is 707 g/mol. The van der Waals surface area contributed by atoms with Gasteiger partial charge in [0.05, 0.1) is 24.8 Å². The van der Waals surface area contributed by atoms with Gasteiger partial charge in [-0.05, 0) is 145 Å². The number of carboxylic acid groups (broad SMARTS) is 1. The minimum absolute atomic E-state index is 0.0249. The van der Waals surface area contributed by atoms with Crippen molar-refractivity contribution in [2.75, 3.05) is 13.2 Å². The monoisotopic (exact) mass is 706 g/mol. The molecule has 2 aromatic carbocycles. The molecule has 6 heteroatoms. The summed E-state index contributed by atoms with van der Waals surface area (Å²) in [4.78, 5) is 25.4. The molecule has 7 rings (SSSR count). The van der Waals surface area contributed by atoms with Crippen molar-refractivity contribution in [1.82, 2.24) is 10.6 Å². The van der Waals surface area contributed by atoms with E-state index in [2.05, 4.69) is 64.8 Å². The number of carboxylic acids is 1. The normalized spacial score (nSPS) is 38.1. The predicted octanol–water partition coefficient (Wildman–Crippen LogP) is 9.23. The van der Waals surface area contributed by atoms with Gasteiger partial charge in [0.15, 0.2) is 0 Å². The summed E-state index contributed by atoms with van der Waals surface area (Å²) in [5.41, 5.74) is 5.39. The Balaban J connectivity index is 1.15. The molecule has 0 spiro atoms. The Morgan fingerprint density at radius 2 is 1.58 bits per heavy atom. The first-order chi connectivity index (χ1) is 24.6. The second-order valence-electron chi connectivity index (χ2n) is 18.8. The Labute approximate surface area is 311 Å². The van der Waals surface area contributed by atoms with E-state index in [0.29, 0.717) is 35.2 Å². The van der Waals surface area contributed by atoms with Crippen molar-refractivity contribution in [2.45, 2.75) is 111 Å². The van der Waals surface area contributed by atoms with E-state index in [1.807, 2.05) is 42.5 Å². The minimum Gasteiger partial charge on any atom is -0.478 e. The van der Waals surface area contributed by atoms with Crippen LogP contribution in [0, 0.1) is 51.2 Å². The maximum atomic E-state index is 13.8. The highest BCUT2D eigenvalue weighted by molar-refractivity contribution is 5.88. The van der Waals surface area contributed by atoms with E-state index < -0.39 is 5.97 Å². The SMILES string of the molecule is C=C(C)[C@@H]1CC[C@]2(NC(=O)CN[C@H](CO)c3ccccc3)CC[C@]3(C)[C@H](CCC4[C@@]5(C)CC=C(c6ccc(C(=O)O)cc6)C(C)(C)C5CC[C@]43C)C12. The van der Waals surface area contributed by atoms with Crippen LogP contribution in [0.5, 0.6) is 0 Å². The fraction of sp³-hybridized carbons (Fsp3) is 0.609. The summed E-state index contributed by atoms with van der Waals surface area (Å²) >= 11 is 0. The van der Waals surface area contributed by atoms with Crippen molar-refractivity contribution >= 4 is 17.4 Å². The molecule has 1 amide bonds. The first-order valence-electron chi connectivity index (χ1n) is 20.0. The molecule has 0 heterocycles. The van der Waals surface area contributed by atoms with Gasteiger partial charge in [0.2, 0.25) is 5.91 Å². The van der Waals surface area contributed by atoms with Crippen molar-refractivity contribution in [3.63, 3.8) is 0 Å². The number of nitrogens with one attached hydrogen (secondary N) is 2. The van der Waals surface area contributed by atoms with E-state index in [1.54, 1.807) is 12.1 Å². The van der Waals surface area contributed by atoms with Crippen molar-refractivity contribution in [3.05, 3.63) is 89.5 Å². The standard InChI is InChI=1S/C46H62N2O4/c1-29(2)33-19-24-46(48-39(50)27-47-36(28-49)31-11-9-8-10-12-31)26-25-44(6)35(40(33)46)17-18-38-43(5)22-20-34(30-13-15-32(16-14-30)41(51)52)42(3,4)37(43)21-23-45(38,44)7/h8-16,20,33,35-38,40,47,49H,1,17-19,21-28H2,2-7H3,(H,48,50)(H,51,52)/t33-,35+,36+,37?,38?,40?,43-,44+,45+,46-/m0/s1. The smallest absolute Gasteiger partial charge is 0.335 e. The molecule has 4 fully saturated rings. The summed E-state index contributed by atoms with van der Waals surface area (Å²) < 4.78 is 0. The molecular weight excluding hydrogens is 645 g/mol. The fourth-order valence-electron chi connectivity index (χ4n) is 13.8. The number of aliphatic hydroxyl groups is 1. The summed E-state index contributed by atoms with van der Waals surface area (Å²) in [6.45, 7) is 19.6. The van der Waals surface area contributed by atoms with Crippen LogP contribution in [-0.4, -0.2) is 40.8 Å². The molecule has 3 unspecified atom stereocenters. The lowest BCUT2D eigenvalue weighted by Crippen LogP contribution is -2.68. The zero-order chi connectivity index (χ0) is 37.3. The van der Waals surface area contributed by atoms with Crippen molar-refractivity contribution in [1.29, 1.82) is 0 Å².